The predicted molar refractivity (Wildman–Crippen MR) is 84.3 cm³/mol. The minimum Gasteiger partial charge on any atom is -0.425 e. The molecule has 1 N–H and O–H groups in total. The molecule has 1 aromatic heterocycles. The van der Waals surface area contributed by atoms with Gasteiger partial charge in [0.2, 0.25) is 11.8 Å². The normalized spacial score (nSPS) is 11.2. The number of hydrogen-bond donors (Lipinski definition) is 1. The summed E-state index contributed by atoms with van der Waals surface area (Å²) in [6.45, 7) is 7.39. The van der Waals surface area contributed by atoms with Gasteiger partial charge in [-0.25, -0.2) is 0 Å². The predicted octanol–water partition coefficient (Wildman–Crippen LogP) is 3.09. The summed E-state index contributed by atoms with van der Waals surface area (Å²) in [6, 6.07) is 9.07. The molecule has 0 aliphatic carbocycles. The Bertz CT molecular complexity index is 548. The van der Waals surface area contributed by atoms with Gasteiger partial charge in [-0.2, -0.15) is 0 Å². The van der Waals surface area contributed by atoms with Gasteiger partial charge in [0.15, 0.2) is 0 Å². The van der Waals surface area contributed by atoms with Crippen molar-refractivity contribution in [2.24, 2.45) is 0 Å². The Labute approximate surface area is 127 Å². The highest BCUT2D eigenvalue weighted by Crippen LogP contribution is 2.09. The van der Waals surface area contributed by atoms with Crippen molar-refractivity contribution in [3.8, 4) is 0 Å². The van der Waals surface area contributed by atoms with Crippen LogP contribution < -0.4 is 5.32 Å². The van der Waals surface area contributed by atoms with Gasteiger partial charge in [0.1, 0.15) is 0 Å². The molecule has 4 nitrogen and oxygen atoms in total. The van der Waals surface area contributed by atoms with E-state index in [1.807, 2.05) is 0 Å². The van der Waals surface area contributed by atoms with Crippen molar-refractivity contribution in [2.75, 3.05) is 6.54 Å². The zero-order valence-corrected chi connectivity index (χ0v) is 13.2. The molecular weight excluding hydrogens is 262 g/mol. The van der Waals surface area contributed by atoms with Crippen LogP contribution in [-0.4, -0.2) is 22.8 Å². The number of aryl methyl sites for hydroxylation is 4. The van der Waals surface area contributed by atoms with E-state index in [9.17, 15) is 0 Å². The molecule has 0 atom stereocenters. The topological polar surface area (TPSA) is 51.0 Å². The third kappa shape index (κ3) is 5.68. The van der Waals surface area contributed by atoms with Crippen molar-refractivity contribution in [3.05, 3.63) is 47.2 Å². The van der Waals surface area contributed by atoms with Gasteiger partial charge in [-0.1, -0.05) is 43.7 Å². The van der Waals surface area contributed by atoms with Crippen LogP contribution in [-0.2, 0) is 19.3 Å². The summed E-state index contributed by atoms with van der Waals surface area (Å²) in [5.74, 6) is 1.49. The Morgan fingerprint density at radius 2 is 1.86 bits per heavy atom. The fourth-order valence-electron chi connectivity index (χ4n) is 2.24. The van der Waals surface area contributed by atoms with E-state index in [1.54, 1.807) is 0 Å². The zero-order valence-electron chi connectivity index (χ0n) is 13.2. The minimum absolute atomic E-state index is 0.526. The van der Waals surface area contributed by atoms with Gasteiger partial charge in [0.25, 0.3) is 0 Å². The quantitative estimate of drug-likeness (QED) is 0.758. The molecule has 2 rings (SSSR count). The number of hydrogen-bond acceptors (Lipinski definition) is 4. The molecule has 0 saturated heterocycles. The van der Waals surface area contributed by atoms with Crippen molar-refractivity contribution in [1.29, 1.82) is 0 Å². The lowest BCUT2D eigenvalue weighted by Gasteiger charge is -2.05. The van der Waals surface area contributed by atoms with Gasteiger partial charge in [-0.3, -0.25) is 0 Å². The number of rotatable bonds is 8. The first kappa shape index (κ1) is 15.7. The Hall–Kier alpha value is -1.68. The van der Waals surface area contributed by atoms with Gasteiger partial charge >= 0.3 is 0 Å². The third-order valence-electron chi connectivity index (χ3n) is 3.34. The zero-order chi connectivity index (χ0) is 15.1. The summed E-state index contributed by atoms with van der Waals surface area (Å²) in [5.41, 5.74) is 2.60. The van der Waals surface area contributed by atoms with Crippen molar-refractivity contribution in [1.82, 2.24) is 15.5 Å². The molecule has 0 unspecified atom stereocenters. The van der Waals surface area contributed by atoms with E-state index in [1.165, 1.54) is 11.1 Å². The second-order valence-corrected chi connectivity index (χ2v) is 5.79. The van der Waals surface area contributed by atoms with E-state index in [4.69, 9.17) is 4.42 Å². The lowest BCUT2D eigenvalue weighted by molar-refractivity contribution is 0.438. The van der Waals surface area contributed by atoms with E-state index in [0.717, 1.165) is 44.0 Å². The fraction of sp³-hybridized carbons (Fsp3) is 0.529. The van der Waals surface area contributed by atoms with Crippen LogP contribution in [0.25, 0.3) is 0 Å². The second kappa shape index (κ2) is 7.93. The van der Waals surface area contributed by atoms with Gasteiger partial charge in [-0.05, 0) is 31.9 Å². The molecule has 0 saturated carbocycles. The molecule has 21 heavy (non-hydrogen) atoms. The summed E-state index contributed by atoms with van der Waals surface area (Å²) >= 11 is 0. The minimum atomic E-state index is 0.526. The molecule has 0 aliphatic rings. The Kier molecular flexibility index (Phi) is 5.93. The monoisotopic (exact) mass is 287 g/mol. The molecule has 114 valence electrons. The summed E-state index contributed by atoms with van der Waals surface area (Å²) < 4.78 is 5.69. The van der Waals surface area contributed by atoms with Crippen molar-refractivity contribution in [3.63, 3.8) is 0 Å². The highest BCUT2D eigenvalue weighted by atomic mass is 16.4. The molecule has 0 fully saturated rings. The third-order valence-corrected chi connectivity index (χ3v) is 3.34. The van der Waals surface area contributed by atoms with Crippen molar-refractivity contribution in [2.45, 2.75) is 52.5 Å². The average molecular weight is 287 g/mol. The van der Waals surface area contributed by atoms with Gasteiger partial charge in [0, 0.05) is 18.9 Å². The SMILES string of the molecule is Cc1cccc(CCc2nnc(CCCNC(C)C)o2)c1. The molecule has 1 heterocycles. The van der Waals surface area contributed by atoms with E-state index >= 15 is 0 Å². The van der Waals surface area contributed by atoms with Crippen molar-refractivity contribution >= 4 is 0 Å². The summed E-state index contributed by atoms with van der Waals surface area (Å²) in [7, 11) is 0. The van der Waals surface area contributed by atoms with E-state index in [2.05, 4.69) is 60.6 Å². The van der Waals surface area contributed by atoms with Gasteiger partial charge < -0.3 is 9.73 Å². The maximum Gasteiger partial charge on any atom is 0.216 e. The van der Waals surface area contributed by atoms with Crippen LogP contribution in [0.2, 0.25) is 0 Å². The van der Waals surface area contributed by atoms with E-state index in [0.29, 0.717) is 6.04 Å². The second-order valence-electron chi connectivity index (χ2n) is 5.79. The number of benzene rings is 1. The van der Waals surface area contributed by atoms with E-state index in [-0.39, 0.29) is 0 Å². The Morgan fingerprint density at radius 3 is 2.57 bits per heavy atom. The van der Waals surface area contributed by atoms with Crippen LogP contribution in [0.1, 0.15) is 43.2 Å². The first-order chi connectivity index (χ1) is 10.1. The molecule has 1 aromatic carbocycles. The molecule has 0 aliphatic heterocycles. The maximum atomic E-state index is 5.69. The van der Waals surface area contributed by atoms with Crippen molar-refractivity contribution < 1.29 is 4.42 Å². The number of nitrogens with one attached hydrogen (secondary N) is 1. The van der Waals surface area contributed by atoms with Crippen LogP contribution in [0.5, 0.6) is 0 Å². The molecule has 0 spiro atoms. The highest BCUT2D eigenvalue weighted by Gasteiger charge is 2.06. The average Bonchev–Trinajstić information content (AvgIpc) is 2.89. The van der Waals surface area contributed by atoms with Crippen LogP contribution in [0.4, 0.5) is 0 Å². The lowest BCUT2D eigenvalue weighted by Crippen LogP contribution is -2.23. The van der Waals surface area contributed by atoms with Gasteiger partial charge in [0.05, 0.1) is 0 Å². The molecule has 0 bridgehead atoms. The molecule has 0 radical (unpaired) electrons. The summed E-state index contributed by atoms with van der Waals surface area (Å²) in [4.78, 5) is 0. The maximum absolute atomic E-state index is 5.69. The molecule has 4 heteroatoms. The highest BCUT2D eigenvalue weighted by molar-refractivity contribution is 5.22. The first-order valence-electron chi connectivity index (χ1n) is 7.73. The Balaban J connectivity index is 1.75. The Morgan fingerprint density at radius 1 is 1.10 bits per heavy atom. The molecule has 2 aromatic rings. The molecule has 0 amide bonds. The number of aromatic nitrogens is 2. The summed E-state index contributed by atoms with van der Waals surface area (Å²) in [5, 5.41) is 11.6. The fourth-order valence-corrected chi connectivity index (χ4v) is 2.24. The van der Waals surface area contributed by atoms with Crippen LogP contribution >= 0.6 is 0 Å². The van der Waals surface area contributed by atoms with Crippen LogP contribution in [0.15, 0.2) is 28.7 Å². The standard InChI is InChI=1S/C17H25N3O/c1-13(2)18-11-5-8-16-19-20-17(21-16)10-9-15-7-4-6-14(3)12-15/h4,6-7,12-13,18H,5,8-11H2,1-3H3. The van der Waals surface area contributed by atoms with Crippen LogP contribution in [0, 0.1) is 6.92 Å². The van der Waals surface area contributed by atoms with Crippen LogP contribution in [0.3, 0.4) is 0 Å². The smallest absolute Gasteiger partial charge is 0.216 e. The largest absolute Gasteiger partial charge is 0.425 e. The number of nitrogens with zero attached hydrogens (tertiary/aromatic N) is 2. The first-order valence-corrected chi connectivity index (χ1v) is 7.73. The van der Waals surface area contributed by atoms with E-state index < -0.39 is 0 Å². The van der Waals surface area contributed by atoms with Gasteiger partial charge in [-0.15, -0.1) is 10.2 Å². The lowest BCUT2D eigenvalue weighted by atomic mass is 10.1. The summed E-state index contributed by atoms with van der Waals surface area (Å²) in [6.07, 6.45) is 3.62. The molecular formula is C17H25N3O.